The van der Waals surface area contributed by atoms with Gasteiger partial charge in [0.2, 0.25) is 0 Å². The van der Waals surface area contributed by atoms with Gasteiger partial charge < -0.3 is 10.4 Å². The van der Waals surface area contributed by atoms with Gasteiger partial charge in [-0.1, -0.05) is 12.1 Å². The van der Waals surface area contributed by atoms with Crippen molar-refractivity contribution in [2.24, 2.45) is 0 Å². The van der Waals surface area contributed by atoms with E-state index in [1.54, 1.807) is 16.9 Å². The maximum absolute atomic E-state index is 13.4. The first-order chi connectivity index (χ1) is 8.70. The zero-order valence-electron chi connectivity index (χ0n) is 10.0. The van der Waals surface area contributed by atoms with Crippen LogP contribution in [0.4, 0.5) is 14.6 Å². The van der Waals surface area contributed by atoms with E-state index in [1.165, 1.54) is 12.1 Å². The van der Waals surface area contributed by atoms with Gasteiger partial charge in [0.25, 0.3) is 0 Å². The van der Waals surface area contributed by atoms with Crippen LogP contribution in [0, 0.1) is 11.6 Å². The molecule has 7 heteroatoms. The number of aromatic nitrogens is 2. The second-order valence-corrected chi connectivity index (χ2v) is 3.75. The van der Waals surface area contributed by atoms with Gasteiger partial charge >= 0.3 is 0 Å². The van der Waals surface area contributed by atoms with E-state index in [0.29, 0.717) is 12.4 Å². The van der Waals surface area contributed by atoms with Crippen molar-refractivity contribution >= 4 is 18.2 Å². The summed E-state index contributed by atoms with van der Waals surface area (Å²) in [6.45, 7) is 0.551. The molecular weight excluding hydrogens is 276 g/mol. The number of nitrogens with one attached hydrogen (secondary N) is 1. The largest absolute Gasteiger partial charge is 0.394 e. The average Bonchev–Trinajstić information content (AvgIpc) is 2.79. The van der Waals surface area contributed by atoms with Gasteiger partial charge in [-0.05, 0) is 6.07 Å². The number of hydrogen-bond acceptors (Lipinski definition) is 3. The SMILES string of the molecule is Cl.OCCn1ccc(NCc2cccc(F)c2F)n1. The Labute approximate surface area is 115 Å². The van der Waals surface area contributed by atoms with Crippen LogP contribution >= 0.6 is 12.4 Å². The number of halogens is 3. The molecule has 0 bridgehead atoms. The summed E-state index contributed by atoms with van der Waals surface area (Å²) in [6.07, 6.45) is 1.69. The van der Waals surface area contributed by atoms with Crippen molar-refractivity contribution in [2.45, 2.75) is 13.1 Å². The van der Waals surface area contributed by atoms with Gasteiger partial charge in [0.1, 0.15) is 5.82 Å². The Hall–Kier alpha value is -1.66. The average molecular weight is 290 g/mol. The summed E-state index contributed by atoms with van der Waals surface area (Å²) in [7, 11) is 0. The highest BCUT2D eigenvalue weighted by molar-refractivity contribution is 5.85. The molecule has 0 saturated heterocycles. The standard InChI is InChI=1S/C12H13F2N3O.ClH/c13-10-3-1-2-9(12(10)14)8-15-11-4-5-17(16-11)6-7-18;/h1-5,18H,6-8H2,(H,15,16);1H. The number of aliphatic hydroxyl groups is 1. The zero-order chi connectivity index (χ0) is 13.0. The molecule has 0 aliphatic rings. The summed E-state index contributed by atoms with van der Waals surface area (Å²) in [5, 5.41) is 15.7. The normalized spacial score (nSPS) is 10.1. The van der Waals surface area contributed by atoms with Crippen LogP contribution in [0.1, 0.15) is 5.56 Å². The first-order valence-corrected chi connectivity index (χ1v) is 5.52. The van der Waals surface area contributed by atoms with Crippen molar-refractivity contribution in [2.75, 3.05) is 11.9 Å². The molecule has 2 rings (SSSR count). The summed E-state index contributed by atoms with van der Waals surface area (Å²) < 4.78 is 27.9. The van der Waals surface area contributed by atoms with Gasteiger partial charge in [-0.2, -0.15) is 5.10 Å². The highest BCUT2D eigenvalue weighted by atomic mass is 35.5. The number of rotatable bonds is 5. The van der Waals surface area contributed by atoms with E-state index < -0.39 is 11.6 Å². The molecule has 0 aliphatic carbocycles. The fourth-order valence-corrected chi connectivity index (χ4v) is 1.55. The van der Waals surface area contributed by atoms with E-state index >= 15 is 0 Å². The fraction of sp³-hybridized carbons (Fsp3) is 0.250. The summed E-state index contributed by atoms with van der Waals surface area (Å²) in [5.74, 6) is -1.16. The number of aliphatic hydroxyl groups excluding tert-OH is 1. The Morgan fingerprint density at radius 3 is 2.79 bits per heavy atom. The molecule has 19 heavy (non-hydrogen) atoms. The second-order valence-electron chi connectivity index (χ2n) is 3.75. The van der Waals surface area contributed by atoms with Crippen LogP contribution in [-0.2, 0) is 13.1 Å². The Morgan fingerprint density at radius 2 is 2.05 bits per heavy atom. The van der Waals surface area contributed by atoms with Crippen LogP contribution < -0.4 is 5.32 Å². The van der Waals surface area contributed by atoms with Crippen LogP contribution in [0.15, 0.2) is 30.5 Å². The maximum atomic E-state index is 13.4. The van der Waals surface area contributed by atoms with E-state index in [2.05, 4.69) is 10.4 Å². The summed E-state index contributed by atoms with van der Waals surface area (Å²) in [4.78, 5) is 0. The minimum atomic E-state index is -0.861. The molecule has 0 spiro atoms. The molecular formula is C12H14ClF2N3O. The third-order valence-electron chi connectivity index (χ3n) is 2.46. The number of hydrogen-bond donors (Lipinski definition) is 2. The topological polar surface area (TPSA) is 50.1 Å². The van der Waals surface area contributed by atoms with E-state index in [0.717, 1.165) is 6.07 Å². The van der Waals surface area contributed by atoms with Crippen molar-refractivity contribution in [3.63, 3.8) is 0 Å². The number of nitrogens with zero attached hydrogens (tertiary/aromatic N) is 2. The first kappa shape index (κ1) is 15.4. The van der Waals surface area contributed by atoms with Crippen LogP contribution in [0.2, 0.25) is 0 Å². The third kappa shape index (κ3) is 3.90. The van der Waals surface area contributed by atoms with Gasteiger partial charge in [0, 0.05) is 24.4 Å². The lowest BCUT2D eigenvalue weighted by Crippen LogP contribution is -2.06. The predicted octanol–water partition coefficient (Wildman–Crippen LogP) is 2.19. The Balaban J connectivity index is 0.00000180. The zero-order valence-corrected chi connectivity index (χ0v) is 10.8. The Morgan fingerprint density at radius 1 is 1.26 bits per heavy atom. The quantitative estimate of drug-likeness (QED) is 0.887. The minimum absolute atomic E-state index is 0. The third-order valence-corrected chi connectivity index (χ3v) is 2.46. The maximum Gasteiger partial charge on any atom is 0.163 e. The highest BCUT2D eigenvalue weighted by Crippen LogP contribution is 2.13. The molecule has 0 unspecified atom stereocenters. The van der Waals surface area contributed by atoms with Gasteiger partial charge in [-0.3, -0.25) is 4.68 Å². The van der Waals surface area contributed by atoms with Crippen LogP contribution in [0.25, 0.3) is 0 Å². The van der Waals surface area contributed by atoms with Gasteiger partial charge in [-0.25, -0.2) is 8.78 Å². The summed E-state index contributed by atoms with van der Waals surface area (Å²) in [6, 6.07) is 5.75. The smallest absolute Gasteiger partial charge is 0.163 e. The molecule has 104 valence electrons. The van der Waals surface area contributed by atoms with Crippen LogP contribution in [-0.4, -0.2) is 21.5 Å². The Kier molecular flexibility index (Phi) is 5.72. The molecule has 0 saturated carbocycles. The lowest BCUT2D eigenvalue weighted by molar-refractivity contribution is 0.269. The number of anilines is 1. The van der Waals surface area contributed by atoms with Crippen molar-refractivity contribution < 1.29 is 13.9 Å². The lowest BCUT2D eigenvalue weighted by atomic mass is 10.2. The molecule has 0 radical (unpaired) electrons. The van der Waals surface area contributed by atoms with Gasteiger partial charge in [-0.15, -0.1) is 12.4 Å². The molecule has 2 N–H and O–H groups in total. The van der Waals surface area contributed by atoms with E-state index in [1.807, 2.05) is 0 Å². The predicted molar refractivity (Wildman–Crippen MR) is 70.2 cm³/mol. The first-order valence-electron chi connectivity index (χ1n) is 5.52. The van der Waals surface area contributed by atoms with Crippen molar-refractivity contribution in [1.82, 2.24) is 9.78 Å². The lowest BCUT2D eigenvalue weighted by Gasteiger charge is -2.05. The molecule has 0 amide bonds. The van der Waals surface area contributed by atoms with E-state index in [4.69, 9.17) is 5.11 Å². The molecule has 0 aliphatic heterocycles. The Bertz CT molecular complexity index is 533. The van der Waals surface area contributed by atoms with Crippen molar-refractivity contribution in [1.29, 1.82) is 0 Å². The molecule has 0 fully saturated rings. The monoisotopic (exact) mass is 289 g/mol. The van der Waals surface area contributed by atoms with E-state index in [-0.39, 0.29) is 31.1 Å². The molecule has 1 heterocycles. The van der Waals surface area contributed by atoms with Crippen LogP contribution in [0.5, 0.6) is 0 Å². The fourth-order valence-electron chi connectivity index (χ4n) is 1.55. The summed E-state index contributed by atoms with van der Waals surface area (Å²) in [5.41, 5.74) is 0.242. The minimum Gasteiger partial charge on any atom is -0.394 e. The molecule has 1 aromatic carbocycles. The second kappa shape index (κ2) is 7.06. The molecule has 4 nitrogen and oxygen atoms in total. The van der Waals surface area contributed by atoms with Crippen LogP contribution in [0.3, 0.4) is 0 Å². The van der Waals surface area contributed by atoms with Gasteiger partial charge in [0.15, 0.2) is 11.6 Å². The highest BCUT2D eigenvalue weighted by Gasteiger charge is 2.07. The van der Waals surface area contributed by atoms with Gasteiger partial charge in [0.05, 0.1) is 13.2 Å². The molecule has 2 aromatic rings. The van der Waals surface area contributed by atoms with Crippen molar-refractivity contribution in [3.05, 3.63) is 47.7 Å². The summed E-state index contributed by atoms with van der Waals surface area (Å²) >= 11 is 0. The van der Waals surface area contributed by atoms with E-state index in [9.17, 15) is 8.78 Å². The molecule has 1 aromatic heterocycles. The van der Waals surface area contributed by atoms with Crippen molar-refractivity contribution in [3.8, 4) is 0 Å². The molecule has 0 atom stereocenters. The number of benzene rings is 1.